The number of benzene rings is 1. The number of ether oxygens (including phenoxy) is 1. The van der Waals surface area contributed by atoms with Crippen molar-refractivity contribution in [3.8, 4) is 5.75 Å². The fraction of sp³-hybridized carbons (Fsp3) is 0.417. The highest BCUT2D eigenvalue weighted by Crippen LogP contribution is 2.22. The number of rotatable bonds is 4. The van der Waals surface area contributed by atoms with Crippen LogP contribution >= 0.6 is 15.9 Å². The third kappa shape index (κ3) is 3.34. The first-order valence-electron chi connectivity index (χ1n) is 5.00. The van der Waals surface area contributed by atoms with Crippen molar-refractivity contribution in [2.75, 3.05) is 0 Å². The molecule has 2 nitrogen and oxygen atoms in total. The molecule has 0 aliphatic heterocycles. The largest absolute Gasteiger partial charge is 0.483 e. The predicted molar refractivity (Wildman–Crippen MR) is 64.3 cm³/mol. The molecule has 1 aromatic rings. The van der Waals surface area contributed by atoms with Crippen molar-refractivity contribution in [3.05, 3.63) is 28.2 Å². The van der Waals surface area contributed by atoms with Crippen molar-refractivity contribution >= 4 is 21.7 Å². The summed E-state index contributed by atoms with van der Waals surface area (Å²) in [6.07, 6.45) is 0.145. The Morgan fingerprint density at radius 3 is 2.73 bits per heavy atom. The SMILES string of the molecule is CCC(=O)C(C)Oc1ccc(Br)c(C)c1. The molecule has 0 spiro atoms. The maximum absolute atomic E-state index is 11.3. The molecule has 1 atom stereocenters. The summed E-state index contributed by atoms with van der Waals surface area (Å²) in [5.41, 5.74) is 1.10. The lowest BCUT2D eigenvalue weighted by molar-refractivity contribution is -0.124. The minimum Gasteiger partial charge on any atom is -0.483 e. The number of Topliss-reactive ketones (excluding diaryl/α,β-unsaturated/α-hetero) is 1. The normalized spacial score (nSPS) is 12.3. The molecule has 1 rings (SSSR count). The first kappa shape index (κ1) is 12.2. The number of carbonyl (C=O) groups excluding carboxylic acids is 1. The third-order valence-electron chi connectivity index (χ3n) is 2.24. The van der Waals surface area contributed by atoms with E-state index in [0.29, 0.717) is 6.42 Å². The molecule has 0 amide bonds. The third-order valence-corrected chi connectivity index (χ3v) is 3.13. The Morgan fingerprint density at radius 1 is 1.53 bits per heavy atom. The minimum atomic E-state index is -0.365. The minimum absolute atomic E-state index is 0.121. The monoisotopic (exact) mass is 270 g/mol. The Labute approximate surface area is 98.8 Å². The van der Waals surface area contributed by atoms with Crippen LogP contribution in [0.3, 0.4) is 0 Å². The average Bonchev–Trinajstić information content (AvgIpc) is 2.22. The molecule has 0 saturated carbocycles. The number of ketones is 1. The molecule has 0 saturated heterocycles. The second kappa shape index (κ2) is 5.31. The summed E-state index contributed by atoms with van der Waals surface area (Å²) in [4.78, 5) is 11.3. The van der Waals surface area contributed by atoms with E-state index in [1.165, 1.54) is 0 Å². The fourth-order valence-corrected chi connectivity index (χ4v) is 1.49. The number of hydrogen-bond acceptors (Lipinski definition) is 2. The molecule has 0 bridgehead atoms. The lowest BCUT2D eigenvalue weighted by Crippen LogP contribution is -2.22. The van der Waals surface area contributed by atoms with Crippen LogP contribution in [0.15, 0.2) is 22.7 Å². The Morgan fingerprint density at radius 2 is 2.20 bits per heavy atom. The van der Waals surface area contributed by atoms with Crippen molar-refractivity contribution in [3.63, 3.8) is 0 Å². The van der Waals surface area contributed by atoms with Gasteiger partial charge in [-0.3, -0.25) is 4.79 Å². The quantitative estimate of drug-likeness (QED) is 0.837. The van der Waals surface area contributed by atoms with Crippen molar-refractivity contribution in [1.29, 1.82) is 0 Å². The van der Waals surface area contributed by atoms with E-state index in [4.69, 9.17) is 4.74 Å². The van der Waals surface area contributed by atoms with Crippen LogP contribution in [0.4, 0.5) is 0 Å². The molecule has 0 aliphatic carbocycles. The van der Waals surface area contributed by atoms with Gasteiger partial charge in [-0.15, -0.1) is 0 Å². The van der Waals surface area contributed by atoms with Crippen molar-refractivity contribution < 1.29 is 9.53 Å². The average molecular weight is 271 g/mol. The molecular weight excluding hydrogens is 256 g/mol. The van der Waals surface area contributed by atoms with E-state index in [-0.39, 0.29) is 11.9 Å². The lowest BCUT2D eigenvalue weighted by atomic mass is 10.2. The Balaban J connectivity index is 2.73. The van der Waals surface area contributed by atoms with Gasteiger partial charge in [-0.05, 0) is 37.6 Å². The van der Waals surface area contributed by atoms with Crippen LogP contribution in [-0.2, 0) is 4.79 Å². The zero-order valence-corrected chi connectivity index (χ0v) is 10.8. The van der Waals surface area contributed by atoms with E-state index >= 15 is 0 Å². The van der Waals surface area contributed by atoms with Crippen LogP contribution < -0.4 is 4.74 Å². The molecule has 0 heterocycles. The van der Waals surface area contributed by atoms with Crippen molar-refractivity contribution in [2.45, 2.75) is 33.3 Å². The first-order chi connectivity index (χ1) is 7.04. The highest BCUT2D eigenvalue weighted by Gasteiger charge is 2.12. The molecule has 3 heteroatoms. The maximum Gasteiger partial charge on any atom is 0.172 e. The van der Waals surface area contributed by atoms with E-state index < -0.39 is 0 Å². The molecular formula is C12H15BrO2. The fourth-order valence-electron chi connectivity index (χ4n) is 1.25. The Bertz CT molecular complexity index is 361. The molecule has 0 N–H and O–H groups in total. The lowest BCUT2D eigenvalue weighted by Gasteiger charge is -2.13. The smallest absolute Gasteiger partial charge is 0.172 e. The van der Waals surface area contributed by atoms with Crippen LogP contribution in [0.1, 0.15) is 25.8 Å². The van der Waals surface area contributed by atoms with Crippen molar-refractivity contribution in [2.24, 2.45) is 0 Å². The first-order valence-corrected chi connectivity index (χ1v) is 5.79. The van der Waals surface area contributed by atoms with Gasteiger partial charge in [-0.2, -0.15) is 0 Å². The van der Waals surface area contributed by atoms with E-state index in [1.54, 1.807) is 6.92 Å². The van der Waals surface area contributed by atoms with Crippen LogP contribution in [0.2, 0.25) is 0 Å². The van der Waals surface area contributed by atoms with Crippen LogP contribution in [0.25, 0.3) is 0 Å². The van der Waals surface area contributed by atoms with Crippen LogP contribution in [0, 0.1) is 6.92 Å². The summed E-state index contributed by atoms with van der Waals surface area (Å²) in [6, 6.07) is 5.70. The number of hydrogen-bond donors (Lipinski definition) is 0. The number of carbonyl (C=O) groups is 1. The van der Waals surface area contributed by atoms with Gasteiger partial charge in [0, 0.05) is 10.9 Å². The molecule has 82 valence electrons. The van der Waals surface area contributed by atoms with Gasteiger partial charge in [0.25, 0.3) is 0 Å². The molecule has 0 fully saturated rings. The summed E-state index contributed by atoms with van der Waals surface area (Å²) < 4.78 is 6.58. The van der Waals surface area contributed by atoms with Crippen molar-refractivity contribution in [1.82, 2.24) is 0 Å². The molecule has 1 unspecified atom stereocenters. The zero-order valence-electron chi connectivity index (χ0n) is 9.21. The summed E-state index contributed by atoms with van der Waals surface area (Å²) in [7, 11) is 0. The van der Waals surface area contributed by atoms with Gasteiger partial charge in [-0.25, -0.2) is 0 Å². The standard InChI is InChI=1S/C12H15BrO2/c1-4-12(14)9(3)15-10-5-6-11(13)8(2)7-10/h5-7,9H,4H2,1-3H3. The molecule has 0 aliphatic rings. The highest BCUT2D eigenvalue weighted by atomic mass is 79.9. The summed E-state index contributed by atoms with van der Waals surface area (Å²) in [5, 5.41) is 0. The topological polar surface area (TPSA) is 26.3 Å². The van der Waals surface area contributed by atoms with Gasteiger partial charge >= 0.3 is 0 Å². The number of aryl methyl sites for hydroxylation is 1. The molecule has 1 aromatic carbocycles. The number of halogens is 1. The van der Waals surface area contributed by atoms with E-state index in [1.807, 2.05) is 32.0 Å². The van der Waals surface area contributed by atoms with Gasteiger partial charge in [0.15, 0.2) is 11.9 Å². The molecule has 0 radical (unpaired) electrons. The van der Waals surface area contributed by atoms with E-state index in [9.17, 15) is 4.79 Å². The Hall–Kier alpha value is -0.830. The van der Waals surface area contributed by atoms with Gasteiger partial charge < -0.3 is 4.74 Å². The second-order valence-corrected chi connectivity index (χ2v) is 4.35. The highest BCUT2D eigenvalue weighted by molar-refractivity contribution is 9.10. The summed E-state index contributed by atoms with van der Waals surface area (Å²) >= 11 is 3.42. The van der Waals surface area contributed by atoms with Gasteiger partial charge in [0.2, 0.25) is 0 Å². The Kier molecular flexibility index (Phi) is 4.33. The van der Waals surface area contributed by atoms with E-state index in [2.05, 4.69) is 15.9 Å². The zero-order chi connectivity index (χ0) is 11.4. The van der Waals surface area contributed by atoms with Gasteiger partial charge in [0.05, 0.1) is 0 Å². The van der Waals surface area contributed by atoms with Crippen LogP contribution in [0.5, 0.6) is 5.75 Å². The van der Waals surface area contributed by atoms with Gasteiger partial charge in [-0.1, -0.05) is 22.9 Å². The summed E-state index contributed by atoms with van der Waals surface area (Å²) in [5.74, 6) is 0.862. The van der Waals surface area contributed by atoms with Gasteiger partial charge in [0.1, 0.15) is 5.75 Å². The molecule has 0 aromatic heterocycles. The predicted octanol–water partition coefficient (Wildman–Crippen LogP) is 3.50. The van der Waals surface area contributed by atoms with E-state index in [0.717, 1.165) is 15.8 Å². The maximum atomic E-state index is 11.3. The summed E-state index contributed by atoms with van der Waals surface area (Å²) in [6.45, 7) is 5.61. The second-order valence-electron chi connectivity index (χ2n) is 3.49. The molecule has 15 heavy (non-hydrogen) atoms. The van der Waals surface area contributed by atoms with Crippen LogP contribution in [-0.4, -0.2) is 11.9 Å².